The number of carbonyl (C=O) groups is 4. The van der Waals surface area contributed by atoms with Gasteiger partial charge in [-0.3, -0.25) is 4.79 Å². The monoisotopic (exact) mass is 518 g/mol. The van der Waals surface area contributed by atoms with Crippen molar-refractivity contribution in [1.29, 1.82) is 0 Å². The summed E-state index contributed by atoms with van der Waals surface area (Å²) in [5.41, 5.74) is -2.17. The van der Waals surface area contributed by atoms with Crippen LogP contribution in [0.25, 0.3) is 0 Å². The number of aldehydes is 3. The molecule has 0 radical (unpaired) electrons. The first kappa shape index (κ1) is 37.8. The lowest BCUT2D eigenvalue weighted by Crippen LogP contribution is -2.53. The van der Waals surface area contributed by atoms with Crippen LogP contribution in [0.3, 0.4) is 0 Å². The van der Waals surface area contributed by atoms with Crippen LogP contribution in [0.2, 0.25) is 0 Å². The topological polar surface area (TPSA) is 291 Å². The molecular weight excluding hydrogens is 480 g/mol. The first-order valence-electron chi connectivity index (χ1n) is 10.3. The predicted molar refractivity (Wildman–Crippen MR) is 116 cm³/mol. The number of rotatable bonds is 14. The normalized spacial score (nSPS) is 20.3. The standard InChI is InChI=1S/C8H14O5.C6H12O6.C6H12O4/c1-5(10)7(12)8(13,3-4-9)6(2)11;7-1-3(9)5(11)6(12)4(10)2-8;1-4(8)6(10)5(9)2-3-7/h4-5,7,10,12-13H,3H2,1-2H3;1,3-6,8-12H,2H2;3-6,8-10H,2H2,1H3/t5-,7-,8-;3-,4+,5+,6+;4-,5+,6-/m101/s1. The van der Waals surface area contributed by atoms with Crippen LogP contribution >= 0.6 is 0 Å². The van der Waals surface area contributed by atoms with Gasteiger partial charge in [0.15, 0.2) is 17.7 Å². The minimum Gasteiger partial charge on any atom is -0.394 e. The Morgan fingerprint density at radius 2 is 1.26 bits per heavy atom. The molecule has 0 aliphatic rings. The maximum Gasteiger partial charge on any atom is 0.164 e. The van der Waals surface area contributed by atoms with E-state index in [0.29, 0.717) is 12.6 Å². The zero-order chi connectivity index (χ0) is 28.5. The van der Waals surface area contributed by atoms with Gasteiger partial charge in [-0.05, 0) is 20.8 Å². The van der Waals surface area contributed by atoms with E-state index in [4.69, 9.17) is 46.0 Å². The molecule has 0 aliphatic carbocycles. The summed E-state index contributed by atoms with van der Waals surface area (Å²) in [6.45, 7) is 2.86. The molecule has 35 heavy (non-hydrogen) atoms. The van der Waals surface area contributed by atoms with E-state index in [1.54, 1.807) is 0 Å². The molecule has 0 bridgehead atoms. The predicted octanol–water partition coefficient (Wildman–Crippen LogP) is -6.06. The van der Waals surface area contributed by atoms with Crippen molar-refractivity contribution in [3.05, 3.63) is 0 Å². The molecule has 15 nitrogen and oxygen atoms in total. The van der Waals surface area contributed by atoms with E-state index >= 15 is 0 Å². The van der Waals surface area contributed by atoms with Gasteiger partial charge in [0, 0.05) is 12.8 Å². The van der Waals surface area contributed by atoms with Crippen molar-refractivity contribution < 1.29 is 75.3 Å². The second-order valence-electron chi connectivity index (χ2n) is 7.60. The number of carbonyl (C=O) groups excluding carboxylic acids is 4. The molecule has 0 amide bonds. The van der Waals surface area contributed by atoms with Gasteiger partial charge >= 0.3 is 0 Å². The molecule has 15 heteroatoms. The largest absolute Gasteiger partial charge is 0.394 e. The number of hydrogen-bond acceptors (Lipinski definition) is 15. The molecule has 10 atom stereocenters. The van der Waals surface area contributed by atoms with E-state index in [-0.39, 0.29) is 12.7 Å². The second-order valence-corrected chi connectivity index (χ2v) is 7.60. The molecule has 0 aromatic carbocycles. The van der Waals surface area contributed by atoms with Crippen molar-refractivity contribution in [3.63, 3.8) is 0 Å². The maximum atomic E-state index is 10.9. The molecule has 0 aliphatic heterocycles. The lowest BCUT2D eigenvalue weighted by Gasteiger charge is -2.30. The quantitative estimate of drug-likeness (QED) is 0.0954. The van der Waals surface area contributed by atoms with Crippen LogP contribution in [0.5, 0.6) is 0 Å². The molecule has 0 spiro atoms. The van der Waals surface area contributed by atoms with Crippen LogP contribution in [0.1, 0.15) is 33.6 Å². The number of ketones is 1. The van der Waals surface area contributed by atoms with Crippen molar-refractivity contribution in [1.82, 2.24) is 0 Å². The minimum absolute atomic E-state index is 0.0258. The van der Waals surface area contributed by atoms with Crippen molar-refractivity contribution in [2.75, 3.05) is 6.61 Å². The highest BCUT2D eigenvalue weighted by Gasteiger charge is 2.42. The molecule has 0 fully saturated rings. The van der Waals surface area contributed by atoms with Gasteiger partial charge in [-0.25, -0.2) is 0 Å². The van der Waals surface area contributed by atoms with Crippen LogP contribution < -0.4 is 0 Å². The molecule has 0 heterocycles. The fourth-order valence-electron chi connectivity index (χ4n) is 2.18. The molecule has 0 saturated heterocycles. The molecular formula is C20H38O15. The molecule has 0 aromatic heterocycles. The smallest absolute Gasteiger partial charge is 0.164 e. The van der Waals surface area contributed by atoms with E-state index in [0.717, 1.165) is 6.92 Å². The van der Waals surface area contributed by atoms with E-state index in [2.05, 4.69) is 0 Å². The van der Waals surface area contributed by atoms with Gasteiger partial charge in [-0.1, -0.05) is 0 Å². The van der Waals surface area contributed by atoms with E-state index in [9.17, 15) is 29.4 Å². The number of aliphatic hydroxyl groups excluding tert-OH is 10. The van der Waals surface area contributed by atoms with Gasteiger partial charge in [0.1, 0.15) is 49.2 Å². The van der Waals surface area contributed by atoms with Gasteiger partial charge in [0.25, 0.3) is 0 Å². The third kappa shape index (κ3) is 14.4. The lowest BCUT2D eigenvalue weighted by molar-refractivity contribution is -0.161. The Hall–Kier alpha value is -1.76. The lowest BCUT2D eigenvalue weighted by atomic mass is 9.87. The Kier molecular flexibility index (Phi) is 21.0. The summed E-state index contributed by atoms with van der Waals surface area (Å²) >= 11 is 0. The van der Waals surface area contributed by atoms with Gasteiger partial charge in [0.05, 0.1) is 24.9 Å². The average Bonchev–Trinajstić information content (AvgIpc) is 2.81. The first-order chi connectivity index (χ1) is 16.0. The number of Topliss-reactive ketones (excluding diaryl/α,β-unsaturated/α-hetero) is 1. The van der Waals surface area contributed by atoms with Crippen LogP contribution in [-0.2, 0) is 19.2 Å². The minimum atomic E-state index is -2.17. The van der Waals surface area contributed by atoms with Crippen molar-refractivity contribution >= 4 is 24.6 Å². The highest BCUT2D eigenvalue weighted by Crippen LogP contribution is 2.18. The Bertz CT molecular complexity index is 599. The Labute approximate surface area is 201 Å². The highest BCUT2D eigenvalue weighted by molar-refractivity contribution is 5.87. The molecule has 0 unspecified atom stereocenters. The van der Waals surface area contributed by atoms with Gasteiger partial charge < -0.3 is 70.6 Å². The summed E-state index contributed by atoms with van der Waals surface area (Å²) in [6, 6.07) is 0. The average molecular weight is 519 g/mol. The van der Waals surface area contributed by atoms with Crippen LogP contribution in [0.15, 0.2) is 0 Å². The summed E-state index contributed by atoms with van der Waals surface area (Å²) < 4.78 is 0. The first-order valence-corrected chi connectivity index (χ1v) is 10.3. The fraction of sp³-hybridized carbons (Fsp3) is 0.800. The molecule has 0 saturated carbocycles. The fourth-order valence-corrected chi connectivity index (χ4v) is 2.18. The summed E-state index contributed by atoms with van der Waals surface area (Å²) in [7, 11) is 0. The SMILES string of the molecule is CC(=O)[C@](O)(CC=O)[C@H](O)[C@@H](C)O.C[C@@H](O)[C@@H](O)[C@@H](O)CC=O.O=C[C@H](O)[C@@H](O)[C@H](O)[C@H](O)CO. The van der Waals surface area contributed by atoms with Crippen LogP contribution in [-0.4, -0.2) is 148 Å². The van der Waals surface area contributed by atoms with Gasteiger partial charge in [-0.15, -0.1) is 0 Å². The summed E-state index contributed by atoms with van der Waals surface area (Å²) in [4.78, 5) is 40.8. The van der Waals surface area contributed by atoms with Gasteiger partial charge in [0.2, 0.25) is 0 Å². The van der Waals surface area contributed by atoms with E-state index < -0.39 is 79.3 Å². The van der Waals surface area contributed by atoms with E-state index in [1.807, 2.05) is 0 Å². The van der Waals surface area contributed by atoms with E-state index in [1.165, 1.54) is 13.8 Å². The number of hydrogen-bond donors (Lipinski definition) is 11. The Morgan fingerprint density at radius 3 is 1.54 bits per heavy atom. The summed E-state index contributed by atoms with van der Waals surface area (Å²) in [5, 5.41) is 97.7. The third-order valence-electron chi connectivity index (χ3n) is 4.60. The Balaban J connectivity index is -0.000000443. The summed E-state index contributed by atoms with van der Waals surface area (Å²) in [5.74, 6) is -0.743. The molecule has 208 valence electrons. The third-order valence-corrected chi connectivity index (χ3v) is 4.60. The zero-order valence-electron chi connectivity index (χ0n) is 19.6. The second kappa shape index (κ2) is 19.4. The van der Waals surface area contributed by atoms with Gasteiger partial charge in [-0.2, -0.15) is 0 Å². The molecule has 0 aromatic rings. The zero-order valence-corrected chi connectivity index (χ0v) is 19.6. The number of aliphatic hydroxyl groups is 11. The maximum absolute atomic E-state index is 10.9. The molecule has 11 N–H and O–H groups in total. The van der Waals surface area contributed by atoms with Crippen LogP contribution in [0, 0.1) is 0 Å². The van der Waals surface area contributed by atoms with Crippen molar-refractivity contribution in [2.45, 2.75) is 94.1 Å². The summed E-state index contributed by atoms with van der Waals surface area (Å²) in [6.07, 6.45) is -13.0. The van der Waals surface area contributed by atoms with Crippen molar-refractivity contribution in [3.8, 4) is 0 Å². The van der Waals surface area contributed by atoms with Crippen molar-refractivity contribution in [2.24, 2.45) is 0 Å². The highest BCUT2D eigenvalue weighted by atomic mass is 16.4. The Morgan fingerprint density at radius 1 is 0.771 bits per heavy atom. The molecule has 0 rings (SSSR count). The van der Waals surface area contributed by atoms with Crippen LogP contribution in [0.4, 0.5) is 0 Å².